The van der Waals surface area contributed by atoms with Crippen molar-refractivity contribution in [3.8, 4) is 0 Å². The first-order chi connectivity index (χ1) is 24.0. The number of benzene rings is 4. The van der Waals surface area contributed by atoms with Crippen molar-refractivity contribution in [1.29, 1.82) is 0 Å². The second kappa shape index (κ2) is 16.3. The zero-order valence-corrected chi connectivity index (χ0v) is 29.1. The number of aliphatic carboxylic acids is 1. The van der Waals surface area contributed by atoms with E-state index >= 15 is 0 Å². The maximum absolute atomic E-state index is 14.1. The van der Waals surface area contributed by atoms with E-state index < -0.39 is 27.9 Å². The monoisotopic (exact) mass is 694 g/mol. The van der Waals surface area contributed by atoms with Crippen molar-refractivity contribution in [2.24, 2.45) is 0 Å². The van der Waals surface area contributed by atoms with Gasteiger partial charge >= 0.3 is 12.0 Å². The first kappa shape index (κ1) is 35.9. The number of allylic oxidation sites excluding steroid dienone is 2. The van der Waals surface area contributed by atoms with E-state index in [2.05, 4.69) is 21.4 Å². The minimum atomic E-state index is -4.09. The second-order valence-corrected chi connectivity index (χ2v) is 13.9. The molecule has 0 unspecified atom stereocenters. The van der Waals surface area contributed by atoms with Gasteiger partial charge in [-0.15, -0.1) is 0 Å². The van der Waals surface area contributed by atoms with Gasteiger partial charge in [-0.25, -0.2) is 13.2 Å². The molecule has 1 aliphatic rings. The summed E-state index contributed by atoms with van der Waals surface area (Å²) in [6, 6.07) is 25.9. The number of urea groups is 1. The lowest BCUT2D eigenvalue weighted by Crippen LogP contribution is -2.35. The normalized spacial score (nSPS) is 12.8. The molecular formula is C39H42N4O6S. The van der Waals surface area contributed by atoms with Crippen LogP contribution in [0.3, 0.4) is 0 Å². The molecule has 0 aromatic heterocycles. The highest BCUT2D eigenvalue weighted by Crippen LogP contribution is 2.30. The number of anilines is 3. The van der Waals surface area contributed by atoms with Crippen molar-refractivity contribution in [1.82, 2.24) is 5.32 Å². The zero-order chi connectivity index (χ0) is 35.7. The summed E-state index contributed by atoms with van der Waals surface area (Å²) in [6.07, 6.45) is 7.18. The van der Waals surface area contributed by atoms with Crippen molar-refractivity contribution >= 4 is 50.6 Å². The smallest absolute Gasteiger partial charge is 0.326 e. The molecule has 5 rings (SSSR count). The van der Waals surface area contributed by atoms with Crippen LogP contribution in [0.5, 0.6) is 0 Å². The topological polar surface area (TPSA) is 145 Å². The molecule has 0 spiro atoms. The van der Waals surface area contributed by atoms with Gasteiger partial charge in [-0.1, -0.05) is 55.5 Å². The zero-order valence-electron chi connectivity index (χ0n) is 28.2. The van der Waals surface area contributed by atoms with E-state index in [1.165, 1.54) is 23.0 Å². The van der Waals surface area contributed by atoms with Crippen LogP contribution in [0.1, 0.15) is 71.6 Å². The number of nitrogens with one attached hydrogen (secondary N) is 3. The van der Waals surface area contributed by atoms with Crippen LogP contribution in [-0.4, -0.2) is 38.0 Å². The van der Waals surface area contributed by atoms with E-state index in [-0.39, 0.29) is 30.1 Å². The van der Waals surface area contributed by atoms with Crippen LogP contribution in [0.15, 0.2) is 102 Å². The third kappa shape index (κ3) is 9.38. The Kier molecular flexibility index (Phi) is 11.7. The van der Waals surface area contributed by atoms with Crippen LogP contribution in [0.4, 0.5) is 21.9 Å². The van der Waals surface area contributed by atoms with Crippen LogP contribution in [0.2, 0.25) is 0 Å². The molecule has 50 heavy (non-hydrogen) atoms. The SMILES string of the molecule is CCc1cccc(NS(=O)(=O)c2cc(C)ccc2NC(=O)N(Cc2ccc(C(=O)NCCC(=O)O)cc2)c2ccc(C3=CCCCC3)cc2)c1. The summed E-state index contributed by atoms with van der Waals surface area (Å²) in [7, 11) is -4.09. The van der Waals surface area contributed by atoms with Crippen LogP contribution in [0, 0.1) is 6.92 Å². The Balaban J connectivity index is 1.42. The number of sulfonamides is 1. The van der Waals surface area contributed by atoms with E-state index in [1.54, 1.807) is 61.5 Å². The molecule has 0 saturated carbocycles. The Labute approximate surface area is 293 Å². The number of carboxylic acids is 1. The van der Waals surface area contributed by atoms with E-state index in [0.29, 0.717) is 22.5 Å². The van der Waals surface area contributed by atoms with Crippen LogP contribution in [-0.2, 0) is 27.8 Å². The number of nitrogens with zero attached hydrogens (tertiary/aromatic N) is 1. The van der Waals surface area contributed by atoms with Gasteiger partial charge in [-0.05, 0) is 115 Å². The van der Waals surface area contributed by atoms with E-state index in [1.807, 2.05) is 37.3 Å². The van der Waals surface area contributed by atoms with Crippen LogP contribution >= 0.6 is 0 Å². The lowest BCUT2D eigenvalue weighted by atomic mass is 9.93. The van der Waals surface area contributed by atoms with Crippen LogP contribution < -0.4 is 20.3 Å². The Morgan fingerprint density at radius 1 is 0.880 bits per heavy atom. The second-order valence-electron chi connectivity index (χ2n) is 12.3. The Morgan fingerprint density at radius 3 is 2.32 bits per heavy atom. The molecule has 0 saturated heterocycles. The quantitative estimate of drug-likeness (QED) is 0.113. The van der Waals surface area contributed by atoms with Gasteiger partial charge in [0.15, 0.2) is 0 Å². The summed E-state index contributed by atoms with van der Waals surface area (Å²) in [5.74, 6) is -1.40. The average molecular weight is 695 g/mol. The van der Waals surface area contributed by atoms with Gasteiger partial charge in [0.25, 0.3) is 15.9 Å². The van der Waals surface area contributed by atoms with Gasteiger partial charge in [-0.2, -0.15) is 0 Å². The third-order valence-corrected chi connectivity index (χ3v) is 9.94. The molecule has 3 amide bonds. The van der Waals surface area contributed by atoms with Crippen molar-refractivity contribution in [3.05, 3.63) is 125 Å². The molecular weight excluding hydrogens is 653 g/mol. The summed E-state index contributed by atoms with van der Waals surface area (Å²) in [4.78, 5) is 38.9. The Bertz CT molecular complexity index is 1990. The Morgan fingerprint density at radius 2 is 1.64 bits per heavy atom. The predicted octanol–water partition coefficient (Wildman–Crippen LogP) is 7.76. The fourth-order valence-electron chi connectivity index (χ4n) is 5.77. The van der Waals surface area contributed by atoms with Crippen molar-refractivity contribution < 1.29 is 27.9 Å². The Hall–Kier alpha value is -5.42. The predicted molar refractivity (Wildman–Crippen MR) is 197 cm³/mol. The maximum Gasteiger partial charge on any atom is 0.326 e. The minimum Gasteiger partial charge on any atom is -0.481 e. The summed E-state index contributed by atoms with van der Waals surface area (Å²) in [5.41, 5.74) is 6.30. The molecule has 4 aromatic rings. The fourth-order valence-corrected chi connectivity index (χ4v) is 7.06. The molecule has 0 aliphatic heterocycles. The van der Waals surface area contributed by atoms with E-state index in [0.717, 1.165) is 42.4 Å². The number of aryl methyl sites for hydroxylation is 2. The number of hydrogen-bond acceptors (Lipinski definition) is 5. The van der Waals surface area contributed by atoms with Gasteiger partial charge in [0.2, 0.25) is 0 Å². The van der Waals surface area contributed by atoms with Crippen LogP contribution in [0.25, 0.3) is 5.57 Å². The molecule has 0 radical (unpaired) electrons. The van der Waals surface area contributed by atoms with Gasteiger partial charge < -0.3 is 15.7 Å². The minimum absolute atomic E-state index is 0.00807. The highest BCUT2D eigenvalue weighted by atomic mass is 32.2. The summed E-state index contributed by atoms with van der Waals surface area (Å²) in [6.45, 7) is 3.90. The summed E-state index contributed by atoms with van der Waals surface area (Å²) in [5, 5.41) is 14.3. The van der Waals surface area contributed by atoms with Crippen molar-refractivity contribution in [2.75, 3.05) is 21.5 Å². The van der Waals surface area contributed by atoms with Gasteiger partial charge in [0.1, 0.15) is 4.90 Å². The number of carbonyl (C=O) groups excluding carboxylic acids is 2. The van der Waals surface area contributed by atoms with E-state index in [9.17, 15) is 22.8 Å². The van der Waals surface area contributed by atoms with Crippen molar-refractivity contribution in [2.45, 2.75) is 63.8 Å². The first-order valence-corrected chi connectivity index (χ1v) is 18.2. The lowest BCUT2D eigenvalue weighted by molar-refractivity contribution is -0.136. The van der Waals surface area contributed by atoms with Gasteiger partial charge in [0, 0.05) is 23.5 Å². The number of hydrogen-bond donors (Lipinski definition) is 4. The molecule has 4 N–H and O–H groups in total. The van der Waals surface area contributed by atoms with Crippen molar-refractivity contribution in [3.63, 3.8) is 0 Å². The highest BCUT2D eigenvalue weighted by molar-refractivity contribution is 7.92. The fraction of sp³-hybridized carbons (Fsp3) is 0.256. The molecule has 0 fully saturated rings. The summed E-state index contributed by atoms with van der Waals surface area (Å²) >= 11 is 0. The summed E-state index contributed by atoms with van der Waals surface area (Å²) < 4.78 is 30.1. The number of carboxylic acid groups (broad SMARTS) is 1. The largest absolute Gasteiger partial charge is 0.481 e. The van der Waals surface area contributed by atoms with E-state index in [4.69, 9.17) is 5.11 Å². The molecule has 4 aromatic carbocycles. The molecule has 10 nitrogen and oxygen atoms in total. The number of rotatable bonds is 13. The molecule has 1 aliphatic carbocycles. The molecule has 0 heterocycles. The van der Waals surface area contributed by atoms with Gasteiger partial charge in [-0.3, -0.25) is 19.2 Å². The number of amides is 3. The highest BCUT2D eigenvalue weighted by Gasteiger charge is 2.24. The number of carbonyl (C=O) groups is 3. The standard InChI is InChI=1S/C39H42N4O6S/c1-3-28-8-7-11-33(25-28)42-50(48,49)36-24-27(2)12-21-35(36)41-39(47)43(34-19-17-31(18-20-34)30-9-5-4-6-10-30)26-29-13-15-32(16-14-29)38(46)40-23-22-37(44)45/h7-9,11-21,24-25,42H,3-6,10,22-23,26H2,1-2H3,(H,40,46)(H,41,47)(H,44,45). The molecule has 260 valence electrons. The third-order valence-electron chi connectivity index (χ3n) is 8.52. The maximum atomic E-state index is 14.1. The average Bonchev–Trinajstić information content (AvgIpc) is 3.11. The lowest BCUT2D eigenvalue weighted by Gasteiger charge is -2.25. The molecule has 11 heteroatoms. The molecule has 0 bridgehead atoms. The molecule has 0 atom stereocenters. The first-order valence-electron chi connectivity index (χ1n) is 16.7. The van der Waals surface area contributed by atoms with Gasteiger partial charge in [0.05, 0.1) is 18.7 Å².